The zero-order chi connectivity index (χ0) is 12.0. The van der Waals surface area contributed by atoms with Gasteiger partial charge in [-0.15, -0.1) is 0 Å². The van der Waals surface area contributed by atoms with Crippen LogP contribution < -0.4 is 16.8 Å². The van der Waals surface area contributed by atoms with Crippen LogP contribution in [0.3, 0.4) is 0 Å². The molecule has 1 rings (SSSR count). The summed E-state index contributed by atoms with van der Waals surface area (Å²) in [7, 11) is 1.69. The number of methoxy groups -OCH3 is 1. The van der Waals surface area contributed by atoms with Crippen LogP contribution in [0.2, 0.25) is 0 Å². The second-order valence-electron chi connectivity index (χ2n) is 3.76. The molecular formula is C11H20N4O. The maximum absolute atomic E-state index is 5.64. The van der Waals surface area contributed by atoms with Crippen LogP contribution in [-0.2, 0) is 4.74 Å². The van der Waals surface area contributed by atoms with E-state index in [1.165, 1.54) is 0 Å². The number of nitrogens with two attached hydrogens (primary N) is 2. The molecule has 1 aromatic heterocycles. The SMILES string of the molecule is CCCC(COC)Nc1ccc(N)c(N)n1. The molecule has 0 saturated heterocycles. The van der Waals surface area contributed by atoms with Crippen LogP contribution in [0.4, 0.5) is 17.3 Å². The molecule has 0 bridgehead atoms. The Morgan fingerprint density at radius 1 is 1.44 bits per heavy atom. The predicted molar refractivity (Wildman–Crippen MR) is 67.3 cm³/mol. The molecule has 0 aromatic carbocycles. The first-order valence-electron chi connectivity index (χ1n) is 5.44. The molecule has 0 aliphatic rings. The fraction of sp³-hybridized carbons (Fsp3) is 0.545. The topological polar surface area (TPSA) is 86.2 Å². The van der Waals surface area contributed by atoms with Crippen LogP contribution in [0.1, 0.15) is 19.8 Å². The van der Waals surface area contributed by atoms with Crippen molar-refractivity contribution in [3.05, 3.63) is 12.1 Å². The summed E-state index contributed by atoms with van der Waals surface area (Å²) < 4.78 is 5.14. The van der Waals surface area contributed by atoms with Gasteiger partial charge in [-0.25, -0.2) is 4.98 Å². The largest absolute Gasteiger partial charge is 0.396 e. The van der Waals surface area contributed by atoms with E-state index in [9.17, 15) is 0 Å². The minimum atomic E-state index is 0.255. The van der Waals surface area contributed by atoms with Crippen molar-refractivity contribution in [3.8, 4) is 0 Å². The van der Waals surface area contributed by atoms with E-state index in [0.717, 1.165) is 18.7 Å². The Kier molecular flexibility index (Phi) is 4.85. The molecule has 1 atom stereocenters. The summed E-state index contributed by atoms with van der Waals surface area (Å²) in [6.45, 7) is 2.79. The third-order valence-electron chi connectivity index (χ3n) is 2.31. The van der Waals surface area contributed by atoms with Crippen LogP contribution in [0.25, 0.3) is 0 Å². The van der Waals surface area contributed by atoms with Gasteiger partial charge in [0, 0.05) is 7.11 Å². The Morgan fingerprint density at radius 2 is 2.19 bits per heavy atom. The molecule has 0 amide bonds. The Bertz CT molecular complexity index is 324. The van der Waals surface area contributed by atoms with Crippen LogP contribution in [0, 0.1) is 0 Å². The van der Waals surface area contributed by atoms with Gasteiger partial charge in [-0.2, -0.15) is 0 Å². The van der Waals surface area contributed by atoms with Gasteiger partial charge in [0.15, 0.2) is 0 Å². The first-order valence-corrected chi connectivity index (χ1v) is 5.44. The number of rotatable bonds is 6. The molecule has 1 aromatic rings. The second-order valence-corrected chi connectivity index (χ2v) is 3.76. The summed E-state index contributed by atoms with van der Waals surface area (Å²) in [5.41, 5.74) is 11.7. The zero-order valence-electron chi connectivity index (χ0n) is 9.86. The lowest BCUT2D eigenvalue weighted by Gasteiger charge is -2.18. The fourth-order valence-electron chi connectivity index (χ4n) is 1.52. The number of ether oxygens (including phenoxy) is 1. The predicted octanol–water partition coefficient (Wildman–Crippen LogP) is 1.47. The van der Waals surface area contributed by atoms with Crippen LogP contribution in [-0.4, -0.2) is 24.7 Å². The third-order valence-corrected chi connectivity index (χ3v) is 2.31. The molecule has 90 valence electrons. The van der Waals surface area contributed by atoms with Gasteiger partial charge >= 0.3 is 0 Å². The van der Waals surface area contributed by atoms with E-state index in [1.807, 2.05) is 6.07 Å². The van der Waals surface area contributed by atoms with E-state index in [4.69, 9.17) is 16.2 Å². The minimum Gasteiger partial charge on any atom is -0.396 e. The molecular weight excluding hydrogens is 204 g/mol. The molecule has 0 fully saturated rings. The average molecular weight is 224 g/mol. The van der Waals surface area contributed by atoms with Crippen LogP contribution >= 0.6 is 0 Å². The highest BCUT2D eigenvalue weighted by molar-refractivity contribution is 5.61. The maximum atomic E-state index is 5.64. The van der Waals surface area contributed by atoms with Gasteiger partial charge in [0.25, 0.3) is 0 Å². The monoisotopic (exact) mass is 224 g/mol. The van der Waals surface area contributed by atoms with Gasteiger partial charge in [-0.3, -0.25) is 0 Å². The average Bonchev–Trinajstić information content (AvgIpc) is 2.24. The van der Waals surface area contributed by atoms with E-state index < -0.39 is 0 Å². The molecule has 0 aliphatic carbocycles. The lowest BCUT2D eigenvalue weighted by molar-refractivity contribution is 0.182. The van der Waals surface area contributed by atoms with Gasteiger partial charge in [0.2, 0.25) is 0 Å². The number of nitrogens with zero attached hydrogens (tertiary/aromatic N) is 1. The van der Waals surface area contributed by atoms with Gasteiger partial charge in [0.1, 0.15) is 11.6 Å². The van der Waals surface area contributed by atoms with Gasteiger partial charge in [-0.05, 0) is 18.6 Å². The van der Waals surface area contributed by atoms with E-state index in [1.54, 1.807) is 13.2 Å². The number of anilines is 3. The summed E-state index contributed by atoms with van der Waals surface area (Å²) in [5, 5.41) is 3.28. The van der Waals surface area contributed by atoms with E-state index in [0.29, 0.717) is 18.1 Å². The van der Waals surface area contributed by atoms with Gasteiger partial charge in [0.05, 0.1) is 18.3 Å². The van der Waals surface area contributed by atoms with Crippen molar-refractivity contribution in [1.82, 2.24) is 4.98 Å². The molecule has 1 unspecified atom stereocenters. The fourth-order valence-corrected chi connectivity index (χ4v) is 1.52. The maximum Gasteiger partial charge on any atom is 0.149 e. The highest BCUT2D eigenvalue weighted by atomic mass is 16.5. The summed E-state index contributed by atoms with van der Waals surface area (Å²) in [6.07, 6.45) is 2.12. The molecule has 5 N–H and O–H groups in total. The Labute approximate surface area is 96.2 Å². The smallest absolute Gasteiger partial charge is 0.149 e. The van der Waals surface area contributed by atoms with Crippen molar-refractivity contribution in [2.24, 2.45) is 0 Å². The van der Waals surface area contributed by atoms with E-state index >= 15 is 0 Å². The molecule has 5 nitrogen and oxygen atoms in total. The zero-order valence-corrected chi connectivity index (χ0v) is 9.86. The highest BCUT2D eigenvalue weighted by Gasteiger charge is 2.08. The molecule has 0 saturated carbocycles. The molecule has 0 radical (unpaired) electrons. The first-order chi connectivity index (χ1) is 7.67. The van der Waals surface area contributed by atoms with Crippen LogP contribution in [0.5, 0.6) is 0 Å². The quantitative estimate of drug-likeness (QED) is 0.681. The molecule has 1 heterocycles. The summed E-state index contributed by atoms with van der Waals surface area (Å²) in [4.78, 5) is 4.16. The standard InChI is InChI=1S/C11H20N4O/c1-3-4-8(7-16-2)14-10-6-5-9(12)11(13)15-10/h5-6,8H,3-4,7,12H2,1-2H3,(H3,13,14,15). The second kappa shape index (κ2) is 6.17. The lowest BCUT2D eigenvalue weighted by Crippen LogP contribution is -2.25. The summed E-state index contributed by atoms with van der Waals surface area (Å²) >= 11 is 0. The number of pyridine rings is 1. The van der Waals surface area contributed by atoms with Gasteiger partial charge in [-0.1, -0.05) is 13.3 Å². The van der Waals surface area contributed by atoms with E-state index in [2.05, 4.69) is 17.2 Å². The van der Waals surface area contributed by atoms with Crippen molar-refractivity contribution >= 4 is 17.3 Å². The molecule has 0 aliphatic heterocycles. The van der Waals surface area contributed by atoms with Crippen molar-refractivity contribution in [1.29, 1.82) is 0 Å². The summed E-state index contributed by atoms with van der Waals surface area (Å²) in [6, 6.07) is 3.83. The highest BCUT2D eigenvalue weighted by Crippen LogP contribution is 2.16. The molecule has 5 heteroatoms. The Hall–Kier alpha value is -1.49. The van der Waals surface area contributed by atoms with Crippen molar-refractivity contribution in [2.75, 3.05) is 30.5 Å². The van der Waals surface area contributed by atoms with Crippen molar-refractivity contribution in [3.63, 3.8) is 0 Å². The van der Waals surface area contributed by atoms with Gasteiger partial charge < -0.3 is 21.5 Å². The number of nitrogens with one attached hydrogen (secondary N) is 1. The molecule has 0 spiro atoms. The summed E-state index contributed by atoms with van der Waals surface area (Å²) in [5.74, 6) is 1.10. The minimum absolute atomic E-state index is 0.255. The number of aromatic nitrogens is 1. The van der Waals surface area contributed by atoms with Crippen LogP contribution in [0.15, 0.2) is 12.1 Å². The number of nitrogen functional groups attached to an aromatic ring is 2. The van der Waals surface area contributed by atoms with Crippen molar-refractivity contribution in [2.45, 2.75) is 25.8 Å². The third kappa shape index (κ3) is 3.58. The number of hydrogen-bond donors (Lipinski definition) is 3. The van der Waals surface area contributed by atoms with E-state index in [-0.39, 0.29) is 6.04 Å². The number of hydrogen-bond acceptors (Lipinski definition) is 5. The Morgan fingerprint density at radius 3 is 2.75 bits per heavy atom. The lowest BCUT2D eigenvalue weighted by atomic mass is 10.2. The normalized spacial score (nSPS) is 12.4. The molecule has 16 heavy (non-hydrogen) atoms. The first kappa shape index (κ1) is 12.6. The Balaban J connectivity index is 2.65. The van der Waals surface area contributed by atoms with Crippen molar-refractivity contribution < 1.29 is 4.74 Å².